The van der Waals surface area contributed by atoms with E-state index in [0.717, 1.165) is 5.56 Å². The number of nitrogens with two attached hydrogens (primary N) is 1. The van der Waals surface area contributed by atoms with Crippen LogP contribution in [0.25, 0.3) is 0 Å². The van der Waals surface area contributed by atoms with Crippen LogP contribution in [0.3, 0.4) is 0 Å². The molecular weight excluding hydrogens is 368 g/mol. The van der Waals surface area contributed by atoms with E-state index in [1.807, 2.05) is 30.3 Å². The SMILES string of the molecule is Cc1ccc(S(=O)(=O)NC(CCC(=O)O)Cc2ccccc2)cc1C(N)=O. The molecule has 0 aliphatic rings. The van der Waals surface area contributed by atoms with Gasteiger partial charge in [0.2, 0.25) is 15.9 Å². The van der Waals surface area contributed by atoms with Crippen molar-refractivity contribution in [2.45, 2.75) is 37.1 Å². The quantitative estimate of drug-likeness (QED) is 0.602. The number of amides is 1. The molecule has 0 saturated heterocycles. The summed E-state index contributed by atoms with van der Waals surface area (Å²) in [5, 5.41) is 8.94. The van der Waals surface area contributed by atoms with E-state index < -0.39 is 27.9 Å². The molecule has 27 heavy (non-hydrogen) atoms. The van der Waals surface area contributed by atoms with Crippen LogP contribution in [-0.4, -0.2) is 31.4 Å². The summed E-state index contributed by atoms with van der Waals surface area (Å²) in [4.78, 5) is 22.3. The molecule has 4 N–H and O–H groups in total. The molecule has 1 unspecified atom stereocenters. The average Bonchev–Trinajstić information content (AvgIpc) is 2.60. The van der Waals surface area contributed by atoms with Gasteiger partial charge in [0.1, 0.15) is 0 Å². The lowest BCUT2D eigenvalue weighted by Crippen LogP contribution is -2.37. The minimum absolute atomic E-state index is 0.0877. The van der Waals surface area contributed by atoms with Gasteiger partial charge in [-0.15, -0.1) is 0 Å². The molecule has 8 heteroatoms. The molecule has 2 aromatic rings. The molecule has 144 valence electrons. The zero-order valence-corrected chi connectivity index (χ0v) is 15.7. The lowest BCUT2D eigenvalue weighted by Gasteiger charge is -2.19. The molecule has 0 radical (unpaired) electrons. The summed E-state index contributed by atoms with van der Waals surface area (Å²) >= 11 is 0. The Balaban J connectivity index is 2.27. The lowest BCUT2D eigenvalue weighted by atomic mass is 10.0. The Morgan fingerprint density at radius 2 is 1.81 bits per heavy atom. The Hall–Kier alpha value is -2.71. The average molecular weight is 390 g/mol. The van der Waals surface area contributed by atoms with Crippen molar-refractivity contribution in [1.82, 2.24) is 4.72 Å². The van der Waals surface area contributed by atoms with Crippen molar-refractivity contribution in [3.63, 3.8) is 0 Å². The van der Waals surface area contributed by atoms with Gasteiger partial charge in [-0.1, -0.05) is 36.4 Å². The smallest absolute Gasteiger partial charge is 0.303 e. The summed E-state index contributed by atoms with van der Waals surface area (Å²) in [6, 6.07) is 12.7. The predicted octanol–water partition coefficient (Wildman–Crippen LogP) is 1.85. The van der Waals surface area contributed by atoms with Crippen LogP contribution < -0.4 is 10.5 Å². The maximum atomic E-state index is 12.8. The second-order valence-corrected chi connectivity index (χ2v) is 8.00. The first-order chi connectivity index (χ1) is 12.7. The lowest BCUT2D eigenvalue weighted by molar-refractivity contribution is -0.137. The summed E-state index contributed by atoms with van der Waals surface area (Å²) in [5.41, 5.74) is 6.88. The van der Waals surface area contributed by atoms with Crippen molar-refractivity contribution in [3.05, 3.63) is 65.2 Å². The van der Waals surface area contributed by atoms with Gasteiger partial charge in [-0.2, -0.15) is 0 Å². The Kier molecular flexibility index (Phi) is 6.70. The van der Waals surface area contributed by atoms with Crippen molar-refractivity contribution in [2.75, 3.05) is 0 Å². The molecule has 1 atom stereocenters. The number of benzene rings is 2. The fourth-order valence-corrected chi connectivity index (χ4v) is 4.02. The summed E-state index contributed by atoms with van der Waals surface area (Å²) in [7, 11) is -3.95. The number of sulfonamides is 1. The van der Waals surface area contributed by atoms with Gasteiger partial charge in [-0.25, -0.2) is 13.1 Å². The van der Waals surface area contributed by atoms with E-state index in [2.05, 4.69) is 4.72 Å². The van der Waals surface area contributed by atoms with Crippen LogP contribution in [0, 0.1) is 6.92 Å². The molecule has 0 aliphatic carbocycles. The first-order valence-corrected chi connectivity index (χ1v) is 9.86. The fraction of sp³-hybridized carbons (Fsp3) is 0.263. The largest absolute Gasteiger partial charge is 0.481 e. The first kappa shape index (κ1) is 20.6. The highest BCUT2D eigenvalue weighted by molar-refractivity contribution is 7.89. The summed E-state index contributed by atoms with van der Waals surface area (Å²) in [6.45, 7) is 1.66. The highest BCUT2D eigenvalue weighted by atomic mass is 32.2. The zero-order valence-electron chi connectivity index (χ0n) is 14.9. The first-order valence-electron chi connectivity index (χ1n) is 8.37. The van der Waals surface area contributed by atoms with Crippen LogP contribution in [0.4, 0.5) is 0 Å². The number of hydrogen-bond donors (Lipinski definition) is 3. The van der Waals surface area contributed by atoms with Crippen molar-refractivity contribution in [3.8, 4) is 0 Å². The van der Waals surface area contributed by atoms with Gasteiger partial charge < -0.3 is 10.8 Å². The van der Waals surface area contributed by atoms with E-state index in [4.69, 9.17) is 10.8 Å². The summed E-state index contributed by atoms with van der Waals surface area (Å²) in [6.07, 6.45) is 0.320. The van der Waals surface area contributed by atoms with Gasteiger partial charge in [0.15, 0.2) is 0 Å². The number of nitrogens with one attached hydrogen (secondary N) is 1. The number of carbonyl (C=O) groups is 2. The van der Waals surface area contributed by atoms with Crippen LogP contribution in [0.15, 0.2) is 53.4 Å². The maximum Gasteiger partial charge on any atom is 0.303 e. The monoisotopic (exact) mass is 390 g/mol. The van der Waals surface area contributed by atoms with E-state index in [-0.39, 0.29) is 23.3 Å². The molecule has 0 aromatic heterocycles. The van der Waals surface area contributed by atoms with Crippen LogP contribution >= 0.6 is 0 Å². The third-order valence-corrected chi connectivity index (χ3v) is 5.66. The minimum Gasteiger partial charge on any atom is -0.481 e. The van der Waals surface area contributed by atoms with Crippen molar-refractivity contribution in [1.29, 1.82) is 0 Å². The van der Waals surface area contributed by atoms with E-state index in [1.165, 1.54) is 18.2 Å². The van der Waals surface area contributed by atoms with E-state index >= 15 is 0 Å². The number of carbonyl (C=O) groups excluding carboxylic acids is 1. The molecular formula is C19H22N2O5S. The number of aryl methyl sites for hydroxylation is 1. The summed E-state index contributed by atoms with van der Waals surface area (Å²) < 4.78 is 28.1. The van der Waals surface area contributed by atoms with E-state index in [1.54, 1.807) is 6.92 Å². The van der Waals surface area contributed by atoms with Crippen molar-refractivity contribution < 1.29 is 23.1 Å². The van der Waals surface area contributed by atoms with Crippen molar-refractivity contribution in [2.24, 2.45) is 5.73 Å². The Morgan fingerprint density at radius 3 is 2.41 bits per heavy atom. The third-order valence-electron chi connectivity index (χ3n) is 4.14. The standard InChI is InChI=1S/C19H22N2O5S/c1-13-7-9-16(12-17(13)19(20)24)27(25,26)21-15(8-10-18(22)23)11-14-5-3-2-4-6-14/h2-7,9,12,15,21H,8,10-11H2,1H3,(H2,20,24)(H,22,23). The van der Waals surface area contributed by atoms with Crippen LogP contribution in [0.5, 0.6) is 0 Å². The van der Waals surface area contributed by atoms with Gasteiger partial charge >= 0.3 is 5.97 Å². The number of primary amides is 1. The second kappa shape index (κ2) is 8.79. The second-order valence-electron chi connectivity index (χ2n) is 6.28. The fourth-order valence-electron chi connectivity index (χ4n) is 2.72. The number of carboxylic acids is 1. The molecule has 2 rings (SSSR count). The third kappa shape index (κ3) is 5.90. The van der Waals surface area contributed by atoms with Crippen LogP contribution in [0.1, 0.15) is 34.3 Å². The van der Waals surface area contributed by atoms with Crippen LogP contribution in [0.2, 0.25) is 0 Å². The van der Waals surface area contributed by atoms with Crippen LogP contribution in [-0.2, 0) is 21.2 Å². The molecule has 0 spiro atoms. The predicted molar refractivity (Wildman–Crippen MR) is 101 cm³/mol. The van der Waals surface area contributed by atoms with Gasteiger partial charge in [0, 0.05) is 18.0 Å². The normalized spacial score (nSPS) is 12.5. The highest BCUT2D eigenvalue weighted by Gasteiger charge is 2.22. The molecule has 1 amide bonds. The topological polar surface area (TPSA) is 127 Å². The molecule has 0 heterocycles. The molecule has 0 saturated carbocycles. The Labute approximate surface area is 158 Å². The van der Waals surface area contributed by atoms with Crippen molar-refractivity contribution >= 4 is 21.9 Å². The molecule has 7 nitrogen and oxygen atoms in total. The molecule has 2 aromatic carbocycles. The Bertz CT molecular complexity index is 926. The number of hydrogen-bond acceptors (Lipinski definition) is 4. The summed E-state index contributed by atoms with van der Waals surface area (Å²) in [5.74, 6) is -1.71. The van der Waals surface area contributed by atoms with Gasteiger partial charge in [0.25, 0.3) is 0 Å². The maximum absolute atomic E-state index is 12.8. The molecule has 0 bridgehead atoms. The minimum atomic E-state index is -3.95. The van der Waals surface area contributed by atoms with Gasteiger partial charge in [-0.3, -0.25) is 9.59 Å². The Morgan fingerprint density at radius 1 is 1.15 bits per heavy atom. The van der Waals surface area contributed by atoms with E-state index in [9.17, 15) is 18.0 Å². The zero-order chi connectivity index (χ0) is 20.0. The number of rotatable bonds is 9. The molecule has 0 aliphatic heterocycles. The highest BCUT2D eigenvalue weighted by Crippen LogP contribution is 2.17. The van der Waals surface area contributed by atoms with E-state index in [0.29, 0.717) is 12.0 Å². The number of carboxylic acid groups (broad SMARTS) is 1. The molecule has 0 fully saturated rings. The van der Waals surface area contributed by atoms with Gasteiger partial charge in [0.05, 0.1) is 4.90 Å². The number of aliphatic carboxylic acids is 1. The van der Waals surface area contributed by atoms with Gasteiger partial charge in [-0.05, 0) is 43.0 Å².